The zero-order chi connectivity index (χ0) is 11.4. The van der Waals surface area contributed by atoms with Crippen LogP contribution in [0.25, 0.3) is 0 Å². The Bertz CT molecular complexity index is 364. The van der Waals surface area contributed by atoms with Gasteiger partial charge in [-0.25, -0.2) is 0 Å². The largest absolute Gasteiger partial charge is 0.398 e. The van der Waals surface area contributed by atoms with Crippen LogP contribution in [0.3, 0.4) is 0 Å². The number of carbonyl (C=O) groups is 1. The number of hydrogen-bond donors (Lipinski definition) is 3. The van der Waals surface area contributed by atoms with Gasteiger partial charge in [-0.2, -0.15) is 0 Å². The van der Waals surface area contributed by atoms with Crippen LogP contribution in [0.5, 0.6) is 0 Å². The SMILES string of the molecule is Cc1ccc(N)c(C(=O)N[C@@H](C)CO)c1. The summed E-state index contributed by atoms with van der Waals surface area (Å²) >= 11 is 0. The number of carbonyl (C=O) groups excluding carboxylic acids is 1. The van der Waals surface area contributed by atoms with E-state index in [-0.39, 0.29) is 18.6 Å². The molecule has 1 rings (SSSR count). The maximum atomic E-state index is 11.7. The van der Waals surface area contributed by atoms with Gasteiger partial charge in [0.1, 0.15) is 0 Å². The van der Waals surface area contributed by atoms with Crippen molar-refractivity contribution in [2.45, 2.75) is 19.9 Å². The maximum absolute atomic E-state index is 11.7. The van der Waals surface area contributed by atoms with E-state index < -0.39 is 0 Å². The Labute approximate surface area is 89.1 Å². The zero-order valence-electron chi connectivity index (χ0n) is 8.95. The maximum Gasteiger partial charge on any atom is 0.253 e. The van der Waals surface area contributed by atoms with Crippen molar-refractivity contribution >= 4 is 11.6 Å². The minimum Gasteiger partial charge on any atom is -0.398 e. The molecule has 1 aromatic rings. The van der Waals surface area contributed by atoms with E-state index in [1.54, 1.807) is 19.1 Å². The molecule has 1 amide bonds. The monoisotopic (exact) mass is 208 g/mol. The smallest absolute Gasteiger partial charge is 0.253 e. The Morgan fingerprint density at radius 3 is 2.87 bits per heavy atom. The topological polar surface area (TPSA) is 75.4 Å². The minimum absolute atomic E-state index is 0.0859. The lowest BCUT2D eigenvalue weighted by Gasteiger charge is -2.12. The van der Waals surface area contributed by atoms with Crippen LogP contribution in [0.4, 0.5) is 5.69 Å². The number of nitrogens with two attached hydrogens (primary N) is 1. The van der Waals surface area contributed by atoms with Crippen LogP contribution in [0.15, 0.2) is 18.2 Å². The molecule has 1 atom stereocenters. The van der Waals surface area contributed by atoms with Gasteiger partial charge in [0.15, 0.2) is 0 Å². The zero-order valence-corrected chi connectivity index (χ0v) is 8.95. The average Bonchev–Trinajstić information content (AvgIpc) is 2.21. The van der Waals surface area contributed by atoms with E-state index in [0.29, 0.717) is 11.3 Å². The van der Waals surface area contributed by atoms with Gasteiger partial charge < -0.3 is 16.2 Å². The summed E-state index contributed by atoms with van der Waals surface area (Å²) in [6.45, 7) is 3.53. The first-order valence-corrected chi connectivity index (χ1v) is 4.82. The number of hydrogen-bond acceptors (Lipinski definition) is 3. The molecule has 4 N–H and O–H groups in total. The first-order chi connectivity index (χ1) is 7.04. The van der Waals surface area contributed by atoms with Crippen molar-refractivity contribution in [3.05, 3.63) is 29.3 Å². The number of benzene rings is 1. The van der Waals surface area contributed by atoms with Crippen molar-refractivity contribution in [2.75, 3.05) is 12.3 Å². The lowest BCUT2D eigenvalue weighted by atomic mass is 10.1. The van der Waals surface area contributed by atoms with Crippen molar-refractivity contribution in [3.63, 3.8) is 0 Å². The number of rotatable bonds is 3. The van der Waals surface area contributed by atoms with E-state index >= 15 is 0 Å². The van der Waals surface area contributed by atoms with Crippen LogP contribution in [0.2, 0.25) is 0 Å². The molecule has 0 heterocycles. The van der Waals surface area contributed by atoms with Gasteiger partial charge in [0, 0.05) is 11.7 Å². The fourth-order valence-electron chi connectivity index (χ4n) is 1.21. The molecule has 0 fully saturated rings. The lowest BCUT2D eigenvalue weighted by molar-refractivity contribution is 0.0923. The second kappa shape index (κ2) is 4.79. The summed E-state index contributed by atoms with van der Waals surface area (Å²) in [5.74, 6) is -0.252. The van der Waals surface area contributed by atoms with Crippen LogP contribution >= 0.6 is 0 Å². The van der Waals surface area contributed by atoms with Gasteiger partial charge in [0.2, 0.25) is 0 Å². The van der Waals surface area contributed by atoms with Crippen LogP contribution in [-0.4, -0.2) is 23.7 Å². The Morgan fingerprint density at radius 2 is 2.27 bits per heavy atom. The third-order valence-corrected chi connectivity index (χ3v) is 2.10. The highest BCUT2D eigenvalue weighted by Crippen LogP contribution is 2.13. The standard InChI is InChI=1S/C11H16N2O2/c1-7-3-4-10(12)9(5-7)11(15)13-8(2)6-14/h3-5,8,14H,6,12H2,1-2H3,(H,13,15)/t8-/m0/s1. The summed E-state index contributed by atoms with van der Waals surface area (Å²) in [4.78, 5) is 11.7. The second-order valence-electron chi connectivity index (χ2n) is 3.65. The fraction of sp³-hybridized carbons (Fsp3) is 0.364. The van der Waals surface area contributed by atoms with Gasteiger partial charge >= 0.3 is 0 Å². The third-order valence-electron chi connectivity index (χ3n) is 2.10. The molecule has 0 aliphatic heterocycles. The molecule has 82 valence electrons. The highest BCUT2D eigenvalue weighted by Gasteiger charge is 2.11. The van der Waals surface area contributed by atoms with Crippen LogP contribution in [0, 0.1) is 6.92 Å². The van der Waals surface area contributed by atoms with Crippen molar-refractivity contribution in [3.8, 4) is 0 Å². The molecule has 1 aromatic carbocycles. The van der Waals surface area contributed by atoms with Crippen molar-refractivity contribution in [1.82, 2.24) is 5.32 Å². The number of aryl methyl sites for hydroxylation is 1. The number of anilines is 1. The molecule has 0 bridgehead atoms. The van der Waals surface area contributed by atoms with Gasteiger partial charge in [-0.15, -0.1) is 0 Å². The van der Waals surface area contributed by atoms with E-state index in [0.717, 1.165) is 5.56 Å². The molecule has 4 nitrogen and oxygen atoms in total. The average molecular weight is 208 g/mol. The first kappa shape index (κ1) is 11.5. The molecule has 0 radical (unpaired) electrons. The Kier molecular flexibility index (Phi) is 3.68. The summed E-state index contributed by atoms with van der Waals surface area (Å²) in [7, 11) is 0. The number of amides is 1. The number of aliphatic hydroxyl groups excluding tert-OH is 1. The van der Waals surface area contributed by atoms with E-state index in [1.165, 1.54) is 0 Å². The summed E-state index contributed by atoms with van der Waals surface area (Å²) in [5, 5.41) is 11.5. The van der Waals surface area contributed by atoms with Gasteiger partial charge in [-0.1, -0.05) is 11.6 Å². The molecule has 0 aromatic heterocycles. The molecular formula is C11H16N2O2. The fourth-order valence-corrected chi connectivity index (χ4v) is 1.21. The summed E-state index contributed by atoms with van der Waals surface area (Å²) < 4.78 is 0. The molecule has 0 aliphatic carbocycles. The van der Waals surface area contributed by atoms with E-state index in [1.807, 2.05) is 13.0 Å². The van der Waals surface area contributed by atoms with Gasteiger partial charge in [-0.05, 0) is 26.0 Å². The van der Waals surface area contributed by atoms with Crippen LogP contribution in [0.1, 0.15) is 22.8 Å². The number of nitrogen functional groups attached to an aromatic ring is 1. The first-order valence-electron chi connectivity index (χ1n) is 4.82. The van der Waals surface area contributed by atoms with E-state index in [2.05, 4.69) is 5.32 Å². The van der Waals surface area contributed by atoms with Crippen molar-refractivity contribution in [2.24, 2.45) is 0 Å². The van der Waals surface area contributed by atoms with Gasteiger partial charge in [0.25, 0.3) is 5.91 Å². The van der Waals surface area contributed by atoms with E-state index in [9.17, 15) is 4.79 Å². The van der Waals surface area contributed by atoms with E-state index in [4.69, 9.17) is 10.8 Å². The molecule has 0 aliphatic rings. The highest BCUT2D eigenvalue weighted by atomic mass is 16.3. The Hall–Kier alpha value is -1.55. The third kappa shape index (κ3) is 2.95. The minimum atomic E-state index is -0.266. The van der Waals surface area contributed by atoms with Crippen LogP contribution in [-0.2, 0) is 0 Å². The molecule has 0 saturated carbocycles. The quantitative estimate of drug-likeness (QED) is 0.640. The Morgan fingerprint density at radius 1 is 1.60 bits per heavy atom. The summed E-state index contributed by atoms with van der Waals surface area (Å²) in [6.07, 6.45) is 0. The number of aliphatic hydroxyl groups is 1. The Balaban J connectivity index is 2.86. The summed E-state index contributed by atoms with van der Waals surface area (Å²) in [6, 6.07) is 5.02. The highest BCUT2D eigenvalue weighted by molar-refractivity contribution is 5.99. The van der Waals surface area contributed by atoms with Gasteiger partial charge in [0.05, 0.1) is 12.2 Å². The summed E-state index contributed by atoms with van der Waals surface area (Å²) in [5.41, 5.74) is 7.56. The van der Waals surface area contributed by atoms with Gasteiger partial charge in [-0.3, -0.25) is 4.79 Å². The van der Waals surface area contributed by atoms with Crippen molar-refractivity contribution < 1.29 is 9.90 Å². The van der Waals surface area contributed by atoms with Crippen LogP contribution < -0.4 is 11.1 Å². The molecule has 0 spiro atoms. The lowest BCUT2D eigenvalue weighted by Crippen LogP contribution is -2.35. The predicted octanol–water partition coefficient (Wildman–Crippen LogP) is 0.688. The molecule has 0 unspecified atom stereocenters. The molecule has 4 heteroatoms. The normalized spacial score (nSPS) is 12.2. The molecule has 15 heavy (non-hydrogen) atoms. The predicted molar refractivity (Wildman–Crippen MR) is 59.6 cm³/mol. The second-order valence-corrected chi connectivity index (χ2v) is 3.65. The number of nitrogens with one attached hydrogen (secondary N) is 1. The van der Waals surface area contributed by atoms with Crippen molar-refractivity contribution in [1.29, 1.82) is 0 Å². The molecular weight excluding hydrogens is 192 g/mol. The molecule has 0 saturated heterocycles.